The summed E-state index contributed by atoms with van der Waals surface area (Å²) in [5.74, 6) is 0.521. The van der Waals surface area contributed by atoms with Gasteiger partial charge in [-0.3, -0.25) is 0 Å². The molecule has 2 N–H and O–H groups in total. The van der Waals surface area contributed by atoms with E-state index in [4.69, 9.17) is 11.6 Å². The van der Waals surface area contributed by atoms with Crippen molar-refractivity contribution in [3.8, 4) is 5.75 Å². The van der Waals surface area contributed by atoms with E-state index in [-0.39, 0.29) is 23.3 Å². The van der Waals surface area contributed by atoms with E-state index in [9.17, 15) is 13.5 Å². The number of benzene rings is 1. The Labute approximate surface area is 112 Å². The summed E-state index contributed by atoms with van der Waals surface area (Å²) in [5.41, 5.74) is 0.686. The molecule has 100 valence electrons. The average molecular weight is 290 g/mol. The third-order valence-electron chi connectivity index (χ3n) is 3.11. The highest BCUT2D eigenvalue weighted by molar-refractivity contribution is 7.91. The summed E-state index contributed by atoms with van der Waals surface area (Å²) in [7, 11) is -2.91. The fourth-order valence-corrected chi connectivity index (χ4v) is 4.01. The Balaban J connectivity index is 1.97. The Hall–Kier alpha value is -0.780. The van der Waals surface area contributed by atoms with Crippen LogP contribution >= 0.6 is 11.6 Å². The number of halogens is 1. The van der Waals surface area contributed by atoms with Gasteiger partial charge in [0.25, 0.3) is 0 Å². The third kappa shape index (κ3) is 3.37. The van der Waals surface area contributed by atoms with Crippen LogP contribution in [0.4, 0.5) is 0 Å². The number of nitrogens with one attached hydrogen (secondary N) is 1. The molecule has 4 nitrogen and oxygen atoms in total. The summed E-state index contributed by atoms with van der Waals surface area (Å²) in [6.07, 6.45) is 1.54. The molecule has 18 heavy (non-hydrogen) atoms. The Morgan fingerprint density at radius 2 is 2.22 bits per heavy atom. The van der Waals surface area contributed by atoms with E-state index in [2.05, 4.69) is 5.32 Å². The lowest BCUT2D eigenvalue weighted by Gasteiger charge is -2.23. The lowest BCUT2D eigenvalue weighted by Crippen LogP contribution is -2.39. The normalized spacial score (nSPS) is 22.8. The van der Waals surface area contributed by atoms with Crippen LogP contribution < -0.4 is 5.32 Å². The Morgan fingerprint density at radius 3 is 2.94 bits per heavy atom. The van der Waals surface area contributed by atoms with Crippen molar-refractivity contribution < 1.29 is 13.5 Å². The molecule has 1 aliphatic rings. The molecule has 1 atom stereocenters. The van der Waals surface area contributed by atoms with Crippen molar-refractivity contribution in [2.45, 2.75) is 25.4 Å². The summed E-state index contributed by atoms with van der Waals surface area (Å²) < 4.78 is 23.0. The molecule has 0 spiro atoms. The first kappa shape index (κ1) is 13.6. The SMILES string of the molecule is O=S1(=O)CCCC(NCc2cccc(Cl)c2O)C1. The number of hydrogen-bond donors (Lipinski definition) is 2. The summed E-state index contributed by atoms with van der Waals surface area (Å²) >= 11 is 5.81. The van der Waals surface area contributed by atoms with Crippen molar-refractivity contribution in [1.29, 1.82) is 0 Å². The summed E-state index contributed by atoms with van der Waals surface area (Å²) in [5, 5.41) is 13.2. The monoisotopic (exact) mass is 289 g/mol. The largest absolute Gasteiger partial charge is 0.506 e. The molecule has 2 rings (SSSR count). The minimum atomic E-state index is -2.91. The molecule has 1 aromatic rings. The van der Waals surface area contributed by atoms with Gasteiger partial charge in [0.1, 0.15) is 5.75 Å². The van der Waals surface area contributed by atoms with E-state index in [1.54, 1.807) is 18.2 Å². The average Bonchev–Trinajstić information content (AvgIpc) is 2.30. The maximum atomic E-state index is 11.5. The third-order valence-corrected chi connectivity index (χ3v) is 5.24. The van der Waals surface area contributed by atoms with E-state index in [1.165, 1.54) is 0 Å². The molecule has 1 unspecified atom stereocenters. The maximum Gasteiger partial charge on any atom is 0.151 e. The number of hydrogen-bond acceptors (Lipinski definition) is 4. The Morgan fingerprint density at radius 1 is 1.44 bits per heavy atom. The van der Waals surface area contributed by atoms with Crippen molar-refractivity contribution in [3.05, 3.63) is 28.8 Å². The van der Waals surface area contributed by atoms with Gasteiger partial charge in [-0.25, -0.2) is 8.42 Å². The smallest absolute Gasteiger partial charge is 0.151 e. The van der Waals surface area contributed by atoms with Gasteiger partial charge in [0, 0.05) is 18.2 Å². The molecule has 0 amide bonds. The maximum absolute atomic E-state index is 11.5. The van der Waals surface area contributed by atoms with E-state index < -0.39 is 9.84 Å². The predicted molar refractivity (Wildman–Crippen MR) is 71.6 cm³/mol. The predicted octanol–water partition coefficient (Wildman–Crippen LogP) is 1.71. The van der Waals surface area contributed by atoms with Crippen LogP contribution in [0.15, 0.2) is 18.2 Å². The standard InChI is InChI=1S/C12H16ClNO3S/c13-11-5-1-3-9(12(11)15)7-14-10-4-2-6-18(16,17)8-10/h1,3,5,10,14-15H,2,4,6-8H2. The van der Waals surface area contributed by atoms with Gasteiger partial charge in [-0.2, -0.15) is 0 Å². The zero-order valence-corrected chi connectivity index (χ0v) is 11.5. The lowest BCUT2D eigenvalue weighted by molar-refractivity contribution is 0.449. The summed E-state index contributed by atoms with van der Waals surface area (Å²) in [6.45, 7) is 0.423. The molecule has 1 aromatic carbocycles. The van der Waals surface area contributed by atoms with Crippen LogP contribution in [-0.4, -0.2) is 31.1 Å². The number of phenolic OH excluding ortho intramolecular Hbond substituents is 1. The van der Waals surface area contributed by atoms with E-state index in [0.717, 1.165) is 6.42 Å². The van der Waals surface area contributed by atoms with Gasteiger partial charge >= 0.3 is 0 Å². The molecule has 6 heteroatoms. The van der Waals surface area contributed by atoms with E-state index >= 15 is 0 Å². The molecule has 1 aliphatic heterocycles. The molecule has 0 aromatic heterocycles. The van der Waals surface area contributed by atoms with Crippen LogP contribution in [0.25, 0.3) is 0 Å². The summed E-state index contributed by atoms with van der Waals surface area (Å²) in [4.78, 5) is 0. The molecular weight excluding hydrogens is 274 g/mol. The van der Waals surface area contributed by atoms with E-state index in [1.807, 2.05) is 0 Å². The molecule has 0 radical (unpaired) electrons. The molecular formula is C12H16ClNO3S. The van der Waals surface area contributed by atoms with Gasteiger partial charge in [-0.05, 0) is 18.9 Å². The number of para-hydroxylation sites is 1. The first-order valence-corrected chi connectivity index (χ1v) is 8.08. The zero-order valence-electron chi connectivity index (χ0n) is 9.89. The number of aromatic hydroxyl groups is 1. The van der Waals surface area contributed by atoms with Gasteiger partial charge in [0.2, 0.25) is 0 Å². The fourth-order valence-electron chi connectivity index (χ4n) is 2.14. The van der Waals surface area contributed by atoms with Crippen molar-refractivity contribution in [3.63, 3.8) is 0 Å². The quantitative estimate of drug-likeness (QED) is 0.889. The van der Waals surface area contributed by atoms with Crippen molar-refractivity contribution >= 4 is 21.4 Å². The van der Waals surface area contributed by atoms with Gasteiger partial charge in [0.15, 0.2) is 9.84 Å². The highest BCUT2D eigenvalue weighted by Crippen LogP contribution is 2.27. The fraction of sp³-hybridized carbons (Fsp3) is 0.500. The van der Waals surface area contributed by atoms with Crippen LogP contribution in [0.1, 0.15) is 18.4 Å². The van der Waals surface area contributed by atoms with Crippen LogP contribution in [0.5, 0.6) is 5.75 Å². The van der Waals surface area contributed by atoms with Crippen molar-refractivity contribution in [2.24, 2.45) is 0 Å². The van der Waals surface area contributed by atoms with Gasteiger partial charge < -0.3 is 10.4 Å². The van der Waals surface area contributed by atoms with Crippen LogP contribution in [0, 0.1) is 0 Å². The van der Waals surface area contributed by atoms with Crippen molar-refractivity contribution in [2.75, 3.05) is 11.5 Å². The van der Waals surface area contributed by atoms with Crippen LogP contribution in [0.3, 0.4) is 0 Å². The first-order valence-electron chi connectivity index (χ1n) is 5.88. The minimum absolute atomic E-state index is 0.0397. The first-order chi connectivity index (χ1) is 8.48. The second-order valence-electron chi connectivity index (χ2n) is 4.58. The highest BCUT2D eigenvalue weighted by atomic mass is 35.5. The second-order valence-corrected chi connectivity index (χ2v) is 7.22. The molecule has 0 saturated carbocycles. The van der Waals surface area contributed by atoms with Crippen molar-refractivity contribution in [1.82, 2.24) is 5.32 Å². The van der Waals surface area contributed by atoms with Gasteiger partial charge in [0.05, 0.1) is 16.5 Å². The molecule has 0 aliphatic carbocycles. The Kier molecular flexibility index (Phi) is 4.14. The molecule has 1 heterocycles. The highest BCUT2D eigenvalue weighted by Gasteiger charge is 2.24. The lowest BCUT2D eigenvalue weighted by atomic mass is 10.1. The van der Waals surface area contributed by atoms with E-state index in [0.29, 0.717) is 23.6 Å². The molecule has 0 bridgehead atoms. The minimum Gasteiger partial charge on any atom is -0.506 e. The summed E-state index contributed by atoms with van der Waals surface area (Å²) in [6, 6.07) is 5.11. The zero-order chi connectivity index (χ0) is 13.2. The number of sulfone groups is 1. The van der Waals surface area contributed by atoms with Crippen LogP contribution in [0.2, 0.25) is 5.02 Å². The van der Waals surface area contributed by atoms with Gasteiger partial charge in [-0.15, -0.1) is 0 Å². The second kappa shape index (κ2) is 5.47. The number of rotatable bonds is 3. The van der Waals surface area contributed by atoms with Gasteiger partial charge in [-0.1, -0.05) is 23.7 Å². The molecule has 1 fully saturated rings. The number of phenols is 1. The molecule has 1 saturated heterocycles. The van der Waals surface area contributed by atoms with Crippen LogP contribution in [-0.2, 0) is 16.4 Å². The Bertz CT molecular complexity index is 530. The topological polar surface area (TPSA) is 66.4 Å².